The van der Waals surface area contributed by atoms with Gasteiger partial charge in [-0.1, -0.05) is 219 Å². The molecule has 67 heavy (non-hydrogen) atoms. The molecule has 12 aromatic carbocycles. The zero-order chi connectivity index (χ0) is 44.7. The van der Waals surface area contributed by atoms with Gasteiger partial charge in [-0.15, -0.1) is 0 Å². The number of rotatable bonds is 3. The van der Waals surface area contributed by atoms with Gasteiger partial charge in [-0.05, 0) is 176 Å². The lowest BCUT2D eigenvalue weighted by Crippen LogP contribution is -2.53. The molecule has 0 amide bonds. The Morgan fingerprint density at radius 2 is 0.582 bits per heavy atom. The van der Waals surface area contributed by atoms with E-state index in [0.717, 1.165) is 12.8 Å². The van der Waals surface area contributed by atoms with E-state index < -0.39 is 0 Å². The number of benzene rings is 12. The second kappa shape index (κ2) is 15.4. The van der Waals surface area contributed by atoms with Crippen molar-refractivity contribution in [1.29, 1.82) is 0 Å². The van der Waals surface area contributed by atoms with Crippen LogP contribution in [-0.4, -0.2) is 0 Å². The number of fused-ring (bicyclic) bond motifs is 14. The van der Waals surface area contributed by atoms with Gasteiger partial charge in [0.15, 0.2) is 0 Å². The van der Waals surface area contributed by atoms with E-state index in [0.29, 0.717) is 0 Å². The van der Waals surface area contributed by atoms with Gasteiger partial charge in [-0.25, -0.2) is 0 Å². The van der Waals surface area contributed by atoms with Crippen LogP contribution in [0.5, 0.6) is 0 Å². The average molecular weight is 859 g/mol. The molecule has 0 nitrogen and oxygen atoms in total. The average Bonchev–Trinajstić information content (AvgIpc) is 3.38. The molecule has 0 radical (unpaired) electrons. The summed E-state index contributed by atoms with van der Waals surface area (Å²) in [5.74, 6) is 0. The van der Waals surface area contributed by atoms with Crippen LogP contribution in [0.25, 0.3) is 86.2 Å². The fourth-order valence-corrected chi connectivity index (χ4v) is 13.5. The molecule has 0 N–H and O–H groups in total. The van der Waals surface area contributed by atoms with Crippen LogP contribution in [0.4, 0.5) is 0 Å². The predicted octanol–water partition coefficient (Wildman–Crippen LogP) is 18.4. The Bertz CT molecular complexity index is 3780. The zero-order valence-corrected chi connectivity index (χ0v) is 38.5. The molecular weight excluding hydrogens is 805 g/mol. The monoisotopic (exact) mass is 858 g/mol. The highest BCUT2D eigenvalue weighted by Gasteiger charge is 2.56. The summed E-state index contributed by atoms with van der Waals surface area (Å²) in [6.45, 7) is 4.75. The van der Waals surface area contributed by atoms with Crippen molar-refractivity contribution >= 4 is 86.2 Å². The van der Waals surface area contributed by atoms with E-state index in [1.54, 1.807) is 0 Å². The summed E-state index contributed by atoms with van der Waals surface area (Å²) in [6.07, 6.45) is 7.22. The third kappa shape index (κ3) is 6.64. The lowest BCUT2D eigenvalue weighted by atomic mass is 9.44. The molecule has 2 saturated carbocycles. The summed E-state index contributed by atoms with van der Waals surface area (Å²) >= 11 is 0. The highest BCUT2D eigenvalue weighted by atomic mass is 14.6. The van der Waals surface area contributed by atoms with Crippen LogP contribution in [0.3, 0.4) is 0 Å². The highest BCUT2D eigenvalue weighted by molar-refractivity contribution is 6.10. The molecule has 0 aromatic heterocycles. The molecule has 0 heterocycles. The standard InChI is InChI=1S/C52H42.C15H12/c1-50(41-24-21-38-18-15-35-9-2-5-12-44(35)47(38)29-41)32-51(42-25-22-39-19-16-36-10-3-6-13-45(36)48(39)30-42)27-8-28-52(33-50,34-51)43-26-23-40-20-17-37-11-4-7-14-46(37)49(40)31-43;1-11-6-7-13-9-8-12-4-2-3-5-14(12)15(13)10-11/h2-7,9-26,29-31H,8,27-28,32-34H2,1H3;2-10H,1H3. The molecule has 0 aliphatic heterocycles. The quantitative estimate of drug-likeness (QED) is 0.155. The third-order valence-corrected chi connectivity index (χ3v) is 16.5. The van der Waals surface area contributed by atoms with Crippen LogP contribution in [0.15, 0.2) is 218 Å². The van der Waals surface area contributed by atoms with Gasteiger partial charge in [0.1, 0.15) is 0 Å². The maximum Gasteiger partial charge on any atom is -0.00299 e. The Morgan fingerprint density at radius 3 is 0.985 bits per heavy atom. The van der Waals surface area contributed by atoms with Gasteiger partial charge < -0.3 is 0 Å². The number of aryl methyl sites for hydroxylation is 1. The lowest BCUT2D eigenvalue weighted by Gasteiger charge is -2.59. The summed E-state index contributed by atoms with van der Waals surface area (Å²) in [5.41, 5.74) is 6.00. The molecule has 322 valence electrons. The van der Waals surface area contributed by atoms with Crippen molar-refractivity contribution in [1.82, 2.24) is 0 Å². The fourth-order valence-electron chi connectivity index (χ4n) is 13.5. The van der Waals surface area contributed by atoms with Crippen LogP contribution in [0.1, 0.15) is 67.7 Å². The van der Waals surface area contributed by atoms with Crippen LogP contribution in [0, 0.1) is 6.92 Å². The van der Waals surface area contributed by atoms with Crippen molar-refractivity contribution in [3.8, 4) is 0 Å². The van der Waals surface area contributed by atoms with E-state index in [-0.39, 0.29) is 16.2 Å². The maximum absolute atomic E-state index is 2.61. The normalized spacial score (nSPS) is 20.5. The van der Waals surface area contributed by atoms with Gasteiger partial charge in [0.05, 0.1) is 0 Å². The van der Waals surface area contributed by atoms with Crippen molar-refractivity contribution < 1.29 is 0 Å². The van der Waals surface area contributed by atoms with Gasteiger partial charge in [-0.3, -0.25) is 0 Å². The van der Waals surface area contributed by atoms with Gasteiger partial charge in [0.2, 0.25) is 0 Å². The second-order valence-electron chi connectivity index (χ2n) is 20.7. The highest BCUT2D eigenvalue weighted by Crippen LogP contribution is 2.63. The van der Waals surface area contributed by atoms with E-state index in [2.05, 4.69) is 232 Å². The Kier molecular flexibility index (Phi) is 9.20. The minimum absolute atomic E-state index is 0.00870. The molecule has 0 heteroatoms. The summed E-state index contributed by atoms with van der Waals surface area (Å²) in [5, 5.41) is 21.5. The maximum atomic E-state index is 2.61. The molecule has 2 aliphatic rings. The molecule has 2 fully saturated rings. The van der Waals surface area contributed by atoms with Crippen LogP contribution >= 0.6 is 0 Å². The Hall–Kier alpha value is -7.28. The first-order chi connectivity index (χ1) is 32.8. The van der Waals surface area contributed by atoms with Crippen molar-refractivity contribution in [2.75, 3.05) is 0 Å². The molecule has 0 spiro atoms. The Morgan fingerprint density at radius 1 is 0.284 bits per heavy atom. The summed E-state index contributed by atoms with van der Waals surface area (Å²) in [4.78, 5) is 0. The van der Waals surface area contributed by atoms with Crippen molar-refractivity contribution in [3.05, 3.63) is 241 Å². The van der Waals surface area contributed by atoms with E-state index in [9.17, 15) is 0 Å². The second-order valence-corrected chi connectivity index (χ2v) is 20.7. The molecule has 14 rings (SSSR count). The van der Waals surface area contributed by atoms with Crippen LogP contribution in [-0.2, 0) is 16.2 Å². The fraction of sp³-hybridized carbons (Fsp3) is 0.164. The Labute approximate surface area is 393 Å². The summed E-state index contributed by atoms with van der Waals surface area (Å²) < 4.78 is 0. The lowest BCUT2D eigenvalue weighted by molar-refractivity contribution is 0.0586. The third-order valence-electron chi connectivity index (χ3n) is 16.5. The topological polar surface area (TPSA) is 0 Å². The predicted molar refractivity (Wildman–Crippen MR) is 289 cm³/mol. The van der Waals surface area contributed by atoms with E-state index >= 15 is 0 Å². The van der Waals surface area contributed by atoms with E-state index in [1.807, 2.05) is 0 Å². The Balaban J connectivity index is 0.000000252. The molecule has 2 bridgehead atoms. The molecule has 2 aliphatic carbocycles. The van der Waals surface area contributed by atoms with Crippen LogP contribution in [0.2, 0.25) is 0 Å². The van der Waals surface area contributed by atoms with Gasteiger partial charge in [-0.2, -0.15) is 0 Å². The van der Waals surface area contributed by atoms with Gasteiger partial charge in [0, 0.05) is 0 Å². The van der Waals surface area contributed by atoms with Crippen LogP contribution < -0.4 is 0 Å². The zero-order valence-electron chi connectivity index (χ0n) is 38.5. The summed E-state index contributed by atoms with van der Waals surface area (Å²) in [6, 6.07) is 82.6. The van der Waals surface area contributed by atoms with Gasteiger partial charge >= 0.3 is 0 Å². The first kappa shape index (κ1) is 40.0. The molecular formula is C67H54. The minimum Gasteiger partial charge on any atom is -0.0616 e. The van der Waals surface area contributed by atoms with Crippen molar-refractivity contribution in [3.63, 3.8) is 0 Å². The van der Waals surface area contributed by atoms with E-state index in [4.69, 9.17) is 0 Å². The SMILES string of the molecule is CC1(c2ccc3ccc4ccccc4c3c2)CC2(c3ccc4ccc5ccccc5c4c3)CCCC(c3ccc4ccc5ccccc5c4c3)(C1)C2.Cc1ccc2ccc3ccccc3c2c1. The van der Waals surface area contributed by atoms with Crippen molar-refractivity contribution in [2.45, 2.75) is 68.6 Å². The number of hydrogen-bond donors (Lipinski definition) is 0. The smallest absolute Gasteiger partial charge is 0.00299 e. The first-order valence-corrected chi connectivity index (χ1v) is 24.5. The summed E-state index contributed by atoms with van der Waals surface area (Å²) in [7, 11) is 0. The molecule has 12 aromatic rings. The molecule has 2 unspecified atom stereocenters. The molecule has 0 saturated heterocycles. The van der Waals surface area contributed by atoms with Gasteiger partial charge in [0.25, 0.3) is 0 Å². The van der Waals surface area contributed by atoms with E-state index in [1.165, 1.54) is 134 Å². The van der Waals surface area contributed by atoms with Crippen molar-refractivity contribution in [2.24, 2.45) is 0 Å². The minimum atomic E-state index is -0.00870. The first-order valence-electron chi connectivity index (χ1n) is 24.5. The number of hydrogen-bond acceptors (Lipinski definition) is 0. The molecule has 2 atom stereocenters. The largest absolute Gasteiger partial charge is 0.0616 e.